The zero-order valence-electron chi connectivity index (χ0n) is 14.7. The third-order valence-electron chi connectivity index (χ3n) is 4.44. The molecule has 0 saturated carbocycles. The Bertz CT molecular complexity index is 895. The Kier molecular flexibility index (Phi) is 6.46. The predicted molar refractivity (Wildman–Crippen MR) is 102 cm³/mol. The monoisotopic (exact) mass is 398 g/mol. The van der Waals surface area contributed by atoms with Gasteiger partial charge in [-0.3, -0.25) is 4.79 Å². The molecule has 3 N–H and O–H groups in total. The molecule has 142 valence electrons. The van der Waals surface area contributed by atoms with Crippen molar-refractivity contribution in [2.75, 3.05) is 20.1 Å². The Morgan fingerprint density at radius 1 is 1.35 bits per heavy atom. The molecule has 1 atom stereocenters. The van der Waals surface area contributed by atoms with Crippen molar-refractivity contribution >= 4 is 28.3 Å². The van der Waals surface area contributed by atoms with Crippen LogP contribution in [0.15, 0.2) is 41.4 Å². The summed E-state index contributed by atoms with van der Waals surface area (Å²) in [5.74, 6) is -0.327. The van der Waals surface area contributed by atoms with Gasteiger partial charge in [0.2, 0.25) is 10.0 Å². The van der Waals surface area contributed by atoms with Crippen molar-refractivity contribution in [1.82, 2.24) is 19.9 Å². The second-order valence-electron chi connectivity index (χ2n) is 6.06. The van der Waals surface area contributed by atoms with E-state index in [0.717, 1.165) is 18.5 Å². The molecule has 9 heteroatoms. The minimum Gasteiger partial charge on any atom is -0.354 e. The molecule has 0 bridgehead atoms. The van der Waals surface area contributed by atoms with Crippen LogP contribution in [0, 0.1) is 0 Å². The van der Waals surface area contributed by atoms with Gasteiger partial charge in [-0.25, -0.2) is 13.1 Å². The standard InChI is InChI=1S/C17H22N4O3S.ClH/c1-18-17(22)16-9-13(11-21(16)2)25(23,24)20-10-15-14-6-4-3-5-12(14)7-8-19-15;/h3-6,9,11,15,19-20H,7-8,10H2,1-2H3,(H,18,22);1H. The number of amides is 1. The van der Waals surface area contributed by atoms with Gasteiger partial charge < -0.3 is 15.2 Å². The molecule has 0 radical (unpaired) electrons. The number of aryl methyl sites for hydroxylation is 1. The Labute approximate surface area is 159 Å². The van der Waals surface area contributed by atoms with E-state index in [1.54, 1.807) is 7.05 Å². The molecule has 1 aliphatic rings. The molecule has 3 rings (SSSR count). The molecule has 0 saturated heterocycles. The second-order valence-corrected chi connectivity index (χ2v) is 7.83. The van der Waals surface area contributed by atoms with Gasteiger partial charge in [0.15, 0.2) is 0 Å². The van der Waals surface area contributed by atoms with Crippen molar-refractivity contribution in [1.29, 1.82) is 0 Å². The topological polar surface area (TPSA) is 92.2 Å². The van der Waals surface area contributed by atoms with Crippen molar-refractivity contribution < 1.29 is 13.2 Å². The minimum atomic E-state index is -3.70. The lowest BCUT2D eigenvalue weighted by molar-refractivity contribution is 0.0955. The molecule has 1 aromatic carbocycles. The first-order valence-corrected chi connectivity index (χ1v) is 9.60. The highest BCUT2D eigenvalue weighted by Crippen LogP contribution is 2.22. The van der Waals surface area contributed by atoms with E-state index in [1.165, 1.54) is 29.4 Å². The summed E-state index contributed by atoms with van der Waals surface area (Å²) in [5, 5.41) is 5.84. The first-order chi connectivity index (χ1) is 11.9. The lowest BCUT2D eigenvalue weighted by atomic mass is 9.95. The van der Waals surface area contributed by atoms with E-state index in [-0.39, 0.29) is 35.8 Å². The molecule has 0 aliphatic carbocycles. The van der Waals surface area contributed by atoms with Gasteiger partial charge in [-0.15, -0.1) is 12.4 Å². The number of hydrogen-bond acceptors (Lipinski definition) is 4. The van der Waals surface area contributed by atoms with Crippen LogP contribution in [-0.2, 0) is 23.5 Å². The van der Waals surface area contributed by atoms with Crippen molar-refractivity contribution in [2.24, 2.45) is 7.05 Å². The van der Waals surface area contributed by atoms with Crippen molar-refractivity contribution in [3.8, 4) is 0 Å². The van der Waals surface area contributed by atoms with Crippen LogP contribution in [0.3, 0.4) is 0 Å². The Hall–Kier alpha value is -1.87. The van der Waals surface area contributed by atoms with E-state index in [2.05, 4.69) is 21.4 Å². The highest BCUT2D eigenvalue weighted by Gasteiger charge is 2.24. The summed E-state index contributed by atoms with van der Waals surface area (Å²) in [6, 6.07) is 9.36. The van der Waals surface area contributed by atoms with Gasteiger partial charge in [0.25, 0.3) is 5.91 Å². The molecular weight excluding hydrogens is 376 g/mol. The molecule has 1 aliphatic heterocycles. The van der Waals surface area contributed by atoms with Gasteiger partial charge in [0.05, 0.1) is 0 Å². The molecule has 0 fully saturated rings. The fraction of sp³-hybridized carbons (Fsp3) is 0.353. The highest BCUT2D eigenvalue weighted by atomic mass is 35.5. The number of halogens is 1. The van der Waals surface area contributed by atoms with Crippen LogP contribution in [0.2, 0.25) is 0 Å². The Morgan fingerprint density at radius 2 is 2.08 bits per heavy atom. The number of benzene rings is 1. The number of fused-ring (bicyclic) bond motifs is 1. The van der Waals surface area contributed by atoms with Crippen LogP contribution < -0.4 is 15.4 Å². The van der Waals surface area contributed by atoms with Crippen LogP contribution in [0.1, 0.15) is 27.7 Å². The third kappa shape index (κ3) is 4.09. The maximum Gasteiger partial charge on any atom is 0.267 e. The number of rotatable bonds is 5. The molecule has 1 unspecified atom stereocenters. The fourth-order valence-corrected chi connectivity index (χ4v) is 4.20. The molecule has 7 nitrogen and oxygen atoms in total. The zero-order chi connectivity index (χ0) is 18.0. The summed E-state index contributed by atoms with van der Waals surface area (Å²) in [6.07, 6.45) is 2.38. The van der Waals surface area contributed by atoms with Crippen LogP contribution >= 0.6 is 12.4 Å². The van der Waals surface area contributed by atoms with E-state index in [0.29, 0.717) is 5.69 Å². The van der Waals surface area contributed by atoms with E-state index >= 15 is 0 Å². The highest BCUT2D eigenvalue weighted by molar-refractivity contribution is 7.89. The van der Waals surface area contributed by atoms with Gasteiger partial charge in [-0.2, -0.15) is 0 Å². The first kappa shape index (κ1) is 20.4. The Morgan fingerprint density at radius 3 is 2.81 bits per heavy atom. The smallest absolute Gasteiger partial charge is 0.267 e. The quantitative estimate of drug-likeness (QED) is 0.699. The fourth-order valence-electron chi connectivity index (χ4n) is 3.09. The molecule has 1 amide bonds. The van der Waals surface area contributed by atoms with Gasteiger partial charge >= 0.3 is 0 Å². The first-order valence-electron chi connectivity index (χ1n) is 8.11. The average molecular weight is 399 g/mol. The van der Waals surface area contributed by atoms with Gasteiger partial charge in [0, 0.05) is 32.9 Å². The summed E-state index contributed by atoms with van der Waals surface area (Å²) in [7, 11) is -0.547. The number of hydrogen-bond donors (Lipinski definition) is 3. The number of aromatic nitrogens is 1. The van der Waals surface area contributed by atoms with Crippen LogP contribution in [-0.4, -0.2) is 39.0 Å². The van der Waals surface area contributed by atoms with Gasteiger partial charge in [0.1, 0.15) is 10.6 Å². The molecule has 0 spiro atoms. The van der Waals surface area contributed by atoms with Crippen molar-refractivity contribution in [3.05, 3.63) is 53.3 Å². The summed E-state index contributed by atoms with van der Waals surface area (Å²) < 4.78 is 29.3. The predicted octanol–water partition coefficient (Wildman–Crippen LogP) is 0.972. The molecular formula is C17H23ClN4O3S. The lowest BCUT2D eigenvalue weighted by Crippen LogP contribution is -2.38. The molecule has 1 aromatic heterocycles. The summed E-state index contributed by atoms with van der Waals surface area (Å²) in [6.45, 7) is 1.07. The van der Waals surface area contributed by atoms with E-state index < -0.39 is 10.0 Å². The van der Waals surface area contributed by atoms with E-state index in [4.69, 9.17) is 0 Å². The molecule has 26 heavy (non-hydrogen) atoms. The van der Waals surface area contributed by atoms with Crippen LogP contribution in [0.25, 0.3) is 0 Å². The zero-order valence-corrected chi connectivity index (χ0v) is 16.3. The van der Waals surface area contributed by atoms with E-state index in [1.807, 2.05) is 18.2 Å². The largest absolute Gasteiger partial charge is 0.354 e. The van der Waals surface area contributed by atoms with Crippen LogP contribution in [0.5, 0.6) is 0 Å². The number of carbonyl (C=O) groups is 1. The second kappa shape index (κ2) is 8.22. The van der Waals surface area contributed by atoms with Gasteiger partial charge in [-0.05, 0) is 30.2 Å². The summed E-state index contributed by atoms with van der Waals surface area (Å²) >= 11 is 0. The molecule has 2 heterocycles. The minimum absolute atomic E-state index is 0. The average Bonchev–Trinajstić information content (AvgIpc) is 3.02. The summed E-state index contributed by atoms with van der Waals surface area (Å²) in [5.41, 5.74) is 2.66. The summed E-state index contributed by atoms with van der Waals surface area (Å²) in [4.78, 5) is 11.8. The third-order valence-corrected chi connectivity index (χ3v) is 5.83. The van der Waals surface area contributed by atoms with Gasteiger partial charge in [-0.1, -0.05) is 24.3 Å². The van der Waals surface area contributed by atoms with Crippen molar-refractivity contribution in [3.63, 3.8) is 0 Å². The maximum atomic E-state index is 12.6. The van der Waals surface area contributed by atoms with E-state index in [9.17, 15) is 13.2 Å². The number of nitrogens with zero attached hydrogens (tertiary/aromatic N) is 1. The number of carbonyl (C=O) groups excluding carboxylic acids is 1. The van der Waals surface area contributed by atoms with Crippen LogP contribution in [0.4, 0.5) is 0 Å². The number of sulfonamides is 1. The Balaban J connectivity index is 0.00000243. The van der Waals surface area contributed by atoms with Crippen molar-refractivity contribution in [2.45, 2.75) is 17.4 Å². The number of nitrogens with one attached hydrogen (secondary N) is 3. The molecule has 2 aromatic rings. The SMILES string of the molecule is CNC(=O)c1cc(S(=O)(=O)NCC2NCCc3ccccc32)cn1C.Cl. The normalized spacial score (nSPS) is 16.5. The maximum absolute atomic E-state index is 12.6. The lowest BCUT2D eigenvalue weighted by Gasteiger charge is -2.27.